The Kier molecular flexibility index (Phi) is 6.03. The molecule has 0 saturated heterocycles. The molecule has 2 N–H and O–H groups in total. The number of hydrogen-bond acceptors (Lipinski definition) is 5. The molecule has 0 aliphatic heterocycles. The quantitative estimate of drug-likeness (QED) is 0.385. The van der Waals surface area contributed by atoms with Crippen molar-refractivity contribution in [3.8, 4) is 10.8 Å². The first-order chi connectivity index (χ1) is 12.3. The molecule has 0 aliphatic rings. The van der Waals surface area contributed by atoms with Crippen LogP contribution in [0, 0.1) is 0 Å². The van der Waals surface area contributed by atoms with Crippen molar-refractivity contribution in [2.45, 2.75) is 13.5 Å². The molecular formula is C18H22N4O2S. The summed E-state index contributed by atoms with van der Waals surface area (Å²) in [5.41, 5.74) is 0.996. The minimum atomic E-state index is 0.465. The van der Waals surface area contributed by atoms with E-state index in [2.05, 4.69) is 26.7 Å². The van der Waals surface area contributed by atoms with E-state index in [9.17, 15) is 0 Å². The van der Waals surface area contributed by atoms with Crippen LogP contribution in [0.1, 0.15) is 12.7 Å². The molecule has 0 atom stereocenters. The van der Waals surface area contributed by atoms with Gasteiger partial charge in [0.05, 0.1) is 16.8 Å². The van der Waals surface area contributed by atoms with Gasteiger partial charge in [0, 0.05) is 20.2 Å². The summed E-state index contributed by atoms with van der Waals surface area (Å²) in [7, 11) is 1.68. The number of guanidine groups is 1. The van der Waals surface area contributed by atoms with Crippen LogP contribution in [0.25, 0.3) is 21.0 Å². The van der Waals surface area contributed by atoms with E-state index >= 15 is 0 Å². The molecule has 0 saturated carbocycles. The highest BCUT2D eigenvalue weighted by Gasteiger charge is 2.10. The van der Waals surface area contributed by atoms with Crippen LogP contribution < -0.4 is 10.6 Å². The van der Waals surface area contributed by atoms with Gasteiger partial charge in [0.2, 0.25) is 0 Å². The molecule has 2 aromatic heterocycles. The zero-order valence-electron chi connectivity index (χ0n) is 14.4. The highest BCUT2D eigenvalue weighted by molar-refractivity contribution is 7.21. The van der Waals surface area contributed by atoms with E-state index in [1.54, 1.807) is 18.4 Å². The lowest BCUT2D eigenvalue weighted by Crippen LogP contribution is -2.38. The number of fused-ring (bicyclic) bond motifs is 1. The Bertz CT molecular complexity index is 807. The summed E-state index contributed by atoms with van der Waals surface area (Å²) in [6, 6.07) is 12.0. The minimum Gasteiger partial charge on any atom is -0.457 e. The van der Waals surface area contributed by atoms with E-state index in [4.69, 9.17) is 9.15 Å². The fourth-order valence-corrected chi connectivity index (χ4v) is 3.25. The molecule has 3 aromatic rings. The number of aliphatic imine (C=N–C) groups is 1. The molecule has 25 heavy (non-hydrogen) atoms. The first kappa shape index (κ1) is 17.4. The standard InChI is InChI=1S/C18H22N4O2S/c1-3-19-18(20-10-11-23-2)21-12-13-8-9-15(24-13)17-22-14-6-4-5-7-16(14)25-17/h4-9H,3,10-12H2,1-2H3,(H2,19,20,21). The zero-order valence-corrected chi connectivity index (χ0v) is 15.2. The van der Waals surface area contributed by atoms with Crippen LogP contribution in [0.4, 0.5) is 0 Å². The van der Waals surface area contributed by atoms with Crippen molar-refractivity contribution < 1.29 is 9.15 Å². The van der Waals surface area contributed by atoms with Gasteiger partial charge in [-0.1, -0.05) is 12.1 Å². The SMILES string of the molecule is CCNC(=NCc1ccc(-c2nc3ccccc3s2)o1)NCCOC. The number of nitrogens with one attached hydrogen (secondary N) is 2. The molecule has 0 unspecified atom stereocenters. The molecule has 1 aromatic carbocycles. The van der Waals surface area contributed by atoms with E-state index in [0.717, 1.165) is 39.2 Å². The van der Waals surface area contributed by atoms with Gasteiger partial charge >= 0.3 is 0 Å². The van der Waals surface area contributed by atoms with Crippen LogP contribution in [0.2, 0.25) is 0 Å². The molecule has 0 radical (unpaired) electrons. The molecule has 132 valence electrons. The number of benzene rings is 1. The van der Waals surface area contributed by atoms with Gasteiger partial charge in [-0.25, -0.2) is 9.98 Å². The lowest BCUT2D eigenvalue weighted by molar-refractivity contribution is 0.203. The van der Waals surface area contributed by atoms with Gasteiger partial charge in [-0.3, -0.25) is 0 Å². The van der Waals surface area contributed by atoms with Gasteiger partial charge < -0.3 is 19.8 Å². The third kappa shape index (κ3) is 4.58. The summed E-state index contributed by atoms with van der Waals surface area (Å²) in [4.78, 5) is 9.15. The second kappa shape index (κ2) is 8.64. The summed E-state index contributed by atoms with van der Waals surface area (Å²) in [6.07, 6.45) is 0. The monoisotopic (exact) mass is 358 g/mol. The van der Waals surface area contributed by atoms with Gasteiger partial charge in [-0.15, -0.1) is 11.3 Å². The maximum atomic E-state index is 5.91. The van der Waals surface area contributed by atoms with Crippen molar-refractivity contribution in [2.24, 2.45) is 4.99 Å². The van der Waals surface area contributed by atoms with Crippen molar-refractivity contribution in [3.05, 3.63) is 42.2 Å². The van der Waals surface area contributed by atoms with E-state index in [1.165, 1.54) is 0 Å². The van der Waals surface area contributed by atoms with Gasteiger partial charge in [0.1, 0.15) is 12.3 Å². The first-order valence-corrected chi connectivity index (χ1v) is 9.07. The van der Waals surface area contributed by atoms with E-state index < -0.39 is 0 Å². The predicted octanol–water partition coefficient (Wildman–Crippen LogP) is 3.26. The molecule has 0 spiro atoms. The Morgan fingerprint density at radius 1 is 1.24 bits per heavy atom. The van der Waals surface area contributed by atoms with Crippen LogP contribution in [0.3, 0.4) is 0 Å². The maximum absolute atomic E-state index is 5.91. The molecule has 3 rings (SSSR count). The minimum absolute atomic E-state index is 0.465. The van der Waals surface area contributed by atoms with Crippen LogP contribution in [-0.4, -0.2) is 37.7 Å². The number of thiazole rings is 1. The van der Waals surface area contributed by atoms with E-state index in [-0.39, 0.29) is 0 Å². The van der Waals surface area contributed by atoms with Gasteiger partial charge in [0.15, 0.2) is 16.7 Å². The number of para-hydroxylation sites is 1. The zero-order chi connectivity index (χ0) is 17.5. The Morgan fingerprint density at radius 2 is 2.12 bits per heavy atom. The summed E-state index contributed by atoms with van der Waals surface area (Å²) in [5, 5.41) is 7.30. The topological polar surface area (TPSA) is 71.7 Å². The van der Waals surface area contributed by atoms with Crippen molar-refractivity contribution in [3.63, 3.8) is 0 Å². The molecule has 0 aliphatic carbocycles. The number of ether oxygens (including phenoxy) is 1. The lowest BCUT2D eigenvalue weighted by atomic mass is 10.3. The number of hydrogen-bond donors (Lipinski definition) is 2. The molecule has 2 heterocycles. The normalized spacial score (nSPS) is 11.8. The molecule has 7 heteroatoms. The van der Waals surface area contributed by atoms with Crippen LogP contribution in [0.5, 0.6) is 0 Å². The summed E-state index contributed by atoms with van der Waals surface area (Å²) >= 11 is 1.63. The molecule has 0 amide bonds. The third-order valence-corrected chi connectivity index (χ3v) is 4.55. The van der Waals surface area contributed by atoms with E-state index in [1.807, 2.05) is 37.3 Å². The van der Waals surface area contributed by atoms with Crippen molar-refractivity contribution in [1.82, 2.24) is 15.6 Å². The van der Waals surface area contributed by atoms with Crippen molar-refractivity contribution >= 4 is 27.5 Å². The van der Waals surface area contributed by atoms with Crippen molar-refractivity contribution in [2.75, 3.05) is 26.8 Å². The fourth-order valence-electron chi connectivity index (χ4n) is 2.33. The smallest absolute Gasteiger partial charge is 0.191 e. The molecule has 0 bridgehead atoms. The van der Waals surface area contributed by atoms with Crippen LogP contribution in [-0.2, 0) is 11.3 Å². The van der Waals surface area contributed by atoms with Gasteiger partial charge in [0.25, 0.3) is 0 Å². The van der Waals surface area contributed by atoms with Gasteiger partial charge in [-0.2, -0.15) is 0 Å². The number of methoxy groups -OCH3 is 1. The number of aromatic nitrogens is 1. The summed E-state index contributed by atoms with van der Waals surface area (Å²) in [6.45, 7) is 4.64. The number of furan rings is 1. The lowest BCUT2D eigenvalue weighted by Gasteiger charge is -2.10. The number of rotatable bonds is 7. The second-order valence-electron chi connectivity index (χ2n) is 5.37. The Hall–Kier alpha value is -2.38. The molecule has 6 nitrogen and oxygen atoms in total. The number of nitrogens with zero attached hydrogens (tertiary/aromatic N) is 2. The van der Waals surface area contributed by atoms with E-state index in [0.29, 0.717) is 19.7 Å². The summed E-state index contributed by atoms with van der Waals surface area (Å²) in [5.74, 6) is 2.33. The largest absolute Gasteiger partial charge is 0.457 e. The van der Waals surface area contributed by atoms with Crippen LogP contribution in [0.15, 0.2) is 45.8 Å². The Labute approximate surface area is 150 Å². The highest BCUT2D eigenvalue weighted by Crippen LogP contribution is 2.31. The fraction of sp³-hybridized carbons (Fsp3) is 0.333. The highest BCUT2D eigenvalue weighted by atomic mass is 32.1. The molecular weight excluding hydrogens is 336 g/mol. The van der Waals surface area contributed by atoms with Crippen LogP contribution >= 0.6 is 11.3 Å². The maximum Gasteiger partial charge on any atom is 0.191 e. The Morgan fingerprint density at radius 3 is 2.92 bits per heavy atom. The van der Waals surface area contributed by atoms with Gasteiger partial charge in [-0.05, 0) is 31.2 Å². The third-order valence-electron chi connectivity index (χ3n) is 3.50. The predicted molar refractivity (Wildman–Crippen MR) is 102 cm³/mol. The summed E-state index contributed by atoms with van der Waals surface area (Å²) < 4.78 is 12.1. The average molecular weight is 358 g/mol. The molecule has 0 fully saturated rings. The second-order valence-corrected chi connectivity index (χ2v) is 6.40. The first-order valence-electron chi connectivity index (χ1n) is 8.26. The van der Waals surface area contributed by atoms with Crippen molar-refractivity contribution in [1.29, 1.82) is 0 Å². The Balaban J connectivity index is 1.68. The average Bonchev–Trinajstić information content (AvgIpc) is 3.26.